The molecule has 3 aliphatic heterocycles. The number of nitrogens with zero attached hydrogens (tertiary/aromatic N) is 3. The number of nitrogens with one attached hydrogen (secondary N) is 2. The van der Waals surface area contributed by atoms with E-state index in [9.17, 15) is 23.2 Å². The third-order valence-electron chi connectivity index (χ3n) is 10.1. The van der Waals surface area contributed by atoms with Crippen molar-refractivity contribution >= 4 is 51.9 Å². The molecule has 0 aliphatic carbocycles. The Morgan fingerprint density at radius 2 is 1.60 bits per heavy atom. The second-order valence-electron chi connectivity index (χ2n) is 13.6. The number of anilines is 4. The number of amides is 3. The molecule has 0 saturated carbocycles. The first-order valence-corrected chi connectivity index (χ1v) is 18.0. The van der Waals surface area contributed by atoms with Crippen molar-refractivity contribution in [2.24, 2.45) is 5.41 Å². The van der Waals surface area contributed by atoms with Gasteiger partial charge in [0.1, 0.15) is 23.1 Å². The highest BCUT2D eigenvalue weighted by Gasteiger charge is 2.45. The minimum atomic E-state index is -0.857. The van der Waals surface area contributed by atoms with E-state index < -0.39 is 23.2 Å². The molecule has 0 atom stereocenters. The van der Waals surface area contributed by atoms with Crippen molar-refractivity contribution < 1.29 is 27.9 Å². The molecule has 264 valence electrons. The van der Waals surface area contributed by atoms with Crippen LogP contribution in [-0.4, -0.2) is 55.6 Å². The van der Waals surface area contributed by atoms with Crippen molar-refractivity contribution in [3.05, 3.63) is 123 Å². The topological polar surface area (TPSA) is 104 Å². The molecule has 52 heavy (non-hydrogen) atoms. The SMILES string of the molecule is Cc1cnc(N2CC3(CCOCC3)C2)c(C(=O)Nc2ccc(C(=O)N3CCc4sc(C(=O)Nc5c(F)cccc5F)cc4-c4ccccc43)cc2)c1. The second kappa shape index (κ2) is 13.6. The van der Waals surface area contributed by atoms with Gasteiger partial charge in [-0.25, -0.2) is 13.8 Å². The van der Waals surface area contributed by atoms with Gasteiger partial charge >= 0.3 is 0 Å². The van der Waals surface area contributed by atoms with Gasteiger partial charge in [0, 0.05) is 72.6 Å². The van der Waals surface area contributed by atoms with Crippen molar-refractivity contribution in [1.82, 2.24) is 4.98 Å². The van der Waals surface area contributed by atoms with E-state index in [1.54, 1.807) is 41.4 Å². The number of para-hydroxylation sites is 2. The zero-order valence-corrected chi connectivity index (χ0v) is 29.2. The zero-order valence-electron chi connectivity index (χ0n) is 28.4. The predicted molar refractivity (Wildman–Crippen MR) is 198 cm³/mol. The van der Waals surface area contributed by atoms with Crippen molar-refractivity contribution in [1.29, 1.82) is 0 Å². The number of hydrogen-bond acceptors (Lipinski definition) is 7. The van der Waals surface area contributed by atoms with Crippen LogP contribution in [0.2, 0.25) is 0 Å². The first kappa shape index (κ1) is 33.7. The highest BCUT2D eigenvalue weighted by atomic mass is 32.1. The van der Waals surface area contributed by atoms with Gasteiger partial charge in [-0.3, -0.25) is 14.4 Å². The number of pyridine rings is 1. The molecular formula is C40H35F2N5O4S. The van der Waals surface area contributed by atoms with Gasteiger partial charge in [0.2, 0.25) is 0 Å². The van der Waals surface area contributed by atoms with E-state index >= 15 is 0 Å². The second-order valence-corrected chi connectivity index (χ2v) is 14.7. The summed E-state index contributed by atoms with van der Waals surface area (Å²) in [6, 6.07) is 21.3. The molecular weight excluding hydrogens is 685 g/mol. The Kier molecular flexibility index (Phi) is 8.80. The summed E-state index contributed by atoms with van der Waals surface area (Å²) in [4.78, 5) is 50.4. The van der Waals surface area contributed by atoms with Crippen LogP contribution >= 0.6 is 11.3 Å². The van der Waals surface area contributed by atoms with Crippen molar-refractivity contribution in [2.45, 2.75) is 26.2 Å². The van der Waals surface area contributed by atoms with Gasteiger partial charge in [-0.1, -0.05) is 24.3 Å². The van der Waals surface area contributed by atoms with E-state index in [0.29, 0.717) is 46.2 Å². The number of aryl methyl sites for hydroxylation is 1. The fourth-order valence-electron chi connectivity index (χ4n) is 7.29. The average molecular weight is 720 g/mol. The summed E-state index contributed by atoms with van der Waals surface area (Å²) >= 11 is 1.23. The number of benzene rings is 3. The standard InChI is InChI=1S/C40H35F2N5O4S/c1-24-19-29(36(43-21-24)46-22-40(23-46)14-17-51-18-15-40)37(48)44-26-11-9-25(10-12-26)39(50)47-16-13-33-28(27-5-2-3-8-32(27)47)20-34(52-33)38(49)45-35-30(41)6-4-7-31(35)42/h2-12,19-21H,13-18,22-23H2,1H3,(H,44,48)(H,45,49). The lowest BCUT2D eigenvalue weighted by atomic mass is 9.73. The normalized spacial score (nSPS) is 16.0. The van der Waals surface area contributed by atoms with E-state index in [1.165, 1.54) is 17.4 Å². The largest absolute Gasteiger partial charge is 0.381 e. The summed E-state index contributed by atoms with van der Waals surface area (Å²) in [6.45, 7) is 5.50. The Bertz CT molecular complexity index is 2190. The van der Waals surface area contributed by atoms with Gasteiger partial charge in [-0.15, -0.1) is 11.3 Å². The van der Waals surface area contributed by atoms with Crippen LogP contribution in [0.1, 0.15) is 53.7 Å². The Morgan fingerprint density at radius 1 is 0.865 bits per heavy atom. The van der Waals surface area contributed by atoms with Crippen molar-refractivity contribution in [3.63, 3.8) is 0 Å². The number of fused-ring (bicyclic) bond motifs is 3. The van der Waals surface area contributed by atoms with Crippen LogP contribution in [0.15, 0.2) is 85.1 Å². The molecule has 5 heterocycles. The number of carbonyl (C=O) groups excluding carboxylic acids is 3. The first-order chi connectivity index (χ1) is 25.2. The van der Waals surface area contributed by atoms with Crippen LogP contribution in [-0.2, 0) is 11.2 Å². The van der Waals surface area contributed by atoms with Crippen molar-refractivity contribution in [3.8, 4) is 11.1 Å². The molecule has 0 unspecified atom stereocenters. The molecule has 8 rings (SSSR count). The molecule has 2 aromatic heterocycles. The Balaban J connectivity index is 0.976. The Morgan fingerprint density at radius 3 is 2.35 bits per heavy atom. The Hall–Kier alpha value is -5.46. The van der Waals surface area contributed by atoms with E-state index in [2.05, 4.69) is 20.5 Å². The lowest BCUT2D eigenvalue weighted by Gasteiger charge is -2.53. The zero-order chi connectivity index (χ0) is 36.0. The van der Waals surface area contributed by atoms with Crippen LogP contribution in [0, 0.1) is 24.0 Å². The minimum Gasteiger partial charge on any atom is -0.381 e. The molecule has 0 bridgehead atoms. The Labute approximate surface area is 303 Å². The summed E-state index contributed by atoms with van der Waals surface area (Å²) in [6.07, 6.45) is 4.28. The third kappa shape index (κ3) is 6.33. The third-order valence-corrected chi connectivity index (χ3v) is 11.3. The lowest BCUT2D eigenvalue weighted by molar-refractivity contribution is -0.000511. The van der Waals surface area contributed by atoms with Gasteiger partial charge in [0.25, 0.3) is 17.7 Å². The molecule has 3 amide bonds. The fraction of sp³-hybridized carbons (Fsp3) is 0.250. The number of rotatable bonds is 6. The van der Waals surface area contributed by atoms with E-state index in [4.69, 9.17) is 4.74 Å². The fourth-order valence-corrected chi connectivity index (χ4v) is 8.35. The van der Waals surface area contributed by atoms with E-state index in [-0.39, 0.29) is 17.2 Å². The molecule has 1 spiro atoms. The van der Waals surface area contributed by atoms with Crippen LogP contribution in [0.5, 0.6) is 0 Å². The van der Waals surface area contributed by atoms with Gasteiger partial charge in [0.05, 0.1) is 16.1 Å². The van der Waals surface area contributed by atoms with Crippen LogP contribution in [0.3, 0.4) is 0 Å². The van der Waals surface area contributed by atoms with E-state index in [0.717, 1.165) is 72.8 Å². The monoisotopic (exact) mass is 719 g/mol. The number of thiophene rings is 1. The molecule has 2 N–H and O–H groups in total. The van der Waals surface area contributed by atoms with Crippen LogP contribution in [0.25, 0.3) is 11.1 Å². The summed E-state index contributed by atoms with van der Waals surface area (Å²) in [5.41, 5.74) is 4.38. The highest BCUT2D eigenvalue weighted by Crippen LogP contribution is 2.43. The van der Waals surface area contributed by atoms with Gasteiger partial charge < -0.3 is 25.2 Å². The quantitative estimate of drug-likeness (QED) is 0.186. The molecule has 2 saturated heterocycles. The maximum atomic E-state index is 14.2. The van der Waals surface area contributed by atoms with Gasteiger partial charge in [0.15, 0.2) is 0 Å². The molecule has 0 radical (unpaired) electrons. The molecule has 9 nitrogen and oxygen atoms in total. The molecule has 5 aromatic rings. The summed E-state index contributed by atoms with van der Waals surface area (Å²) in [7, 11) is 0. The number of hydrogen-bond donors (Lipinski definition) is 2. The average Bonchev–Trinajstić information content (AvgIpc) is 3.51. The van der Waals surface area contributed by atoms with Gasteiger partial charge in [-0.2, -0.15) is 0 Å². The number of aromatic nitrogens is 1. The maximum Gasteiger partial charge on any atom is 0.265 e. The molecule has 12 heteroatoms. The summed E-state index contributed by atoms with van der Waals surface area (Å²) in [5.74, 6) is -2.13. The predicted octanol–water partition coefficient (Wildman–Crippen LogP) is 7.72. The van der Waals surface area contributed by atoms with E-state index in [1.807, 2.05) is 37.3 Å². The summed E-state index contributed by atoms with van der Waals surface area (Å²) < 4.78 is 34.0. The summed E-state index contributed by atoms with van der Waals surface area (Å²) in [5, 5.41) is 5.36. The van der Waals surface area contributed by atoms with Crippen LogP contribution < -0.4 is 20.4 Å². The smallest absolute Gasteiger partial charge is 0.265 e. The molecule has 3 aromatic carbocycles. The van der Waals surface area contributed by atoms with Crippen molar-refractivity contribution in [2.75, 3.05) is 53.3 Å². The van der Waals surface area contributed by atoms with Gasteiger partial charge in [-0.05, 0) is 85.5 Å². The number of halogens is 2. The number of ether oxygens (including phenoxy) is 1. The lowest BCUT2D eigenvalue weighted by Crippen LogP contribution is -2.59. The maximum absolute atomic E-state index is 14.2. The highest BCUT2D eigenvalue weighted by molar-refractivity contribution is 7.14. The molecule has 2 fully saturated rings. The first-order valence-electron chi connectivity index (χ1n) is 17.2. The minimum absolute atomic E-state index is 0.210. The number of carbonyl (C=O) groups is 3. The van der Waals surface area contributed by atoms with Crippen LogP contribution in [0.4, 0.5) is 31.7 Å². The molecule has 3 aliphatic rings.